The SMILES string of the molecule is C=CCNC(=O)C(=O)CNC(=O)[C@@H]1CC(C)(C)C(C)CN1C(=O)[C@@H](NC(=O)NC1(C2COCCS2(=O)=O)CCCCC1)C(C)(C)C. The van der Waals surface area contributed by atoms with E-state index < -0.39 is 74.2 Å². The van der Waals surface area contributed by atoms with Crippen LogP contribution in [-0.4, -0.2) is 104 Å². The lowest BCUT2D eigenvalue weighted by molar-refractivity contribution is -0.150. The third kappa shape index (κ3) is 8.87. The fourth-order valence-electron chi connectivity index (χ4n) is 6.62. The zero-order valence-corrected chi connectivity index (χ0v) is 29.0. The van der Waals surface area contributed by atoms with Gasteiger partial charge in [0.25, 0.3) is 5.91 Å². The molecule has 4 N–H and O–H groups in total. The summed E-state index contributed by atoms with van der Waals surface area (Å²) in [4.78, 5) is 67.3. The molecule has 13 nitrogen and oxygen atoms in total. The number of nitrogens with one attached hydrogen (secondary N) is 4. The molecule has 0 aromatic heterocycles. The Morgan fingerprint density at radius 3 is 2.30 bits per heavy atom. The van der Waals surface area contributed by atoms with Gasteiger partial charge < -0.3 is 30.9 Å². The number of urea groups is 1. The van der Waals surface area contributed by atoms with E-state index in [0.717, 1.165) is 19.3 Å². The highest BCUT2D eigenvalue weighted by molar-refractivity contribution is 7.92. The van der Waals surface area contributed by atoms with Crippen LogP contribution in [0.2, 0.25) is 0 Å². The maximum Gasteiger partial charge on any atom is 0.315 e. The summed E-state index contributed by atoms with van der Waals surface area (Å²) in [6.07, 6.45) is 5.13. The average Bonchev–Trinajstić information content (AvgIpc) is 2.97. The molecule has 0 aromatic carbocycles. The van der Waals surface area contributed by atoms with E-state index in [4.69, 9.17) is 4.74 Å². The molecule has 3 rings (SSSR count). The molecular weight excluding hydrogens is 614 g/mol. The minimum Gasteiger partial charge on any atom is -0.379 e. The zero-order chi connectivity index (χ0) is 34.5. The molecule has 1 aliphatic carbocycles. The lowest BCUT2D eigenvalue weighted by atomic mass is 9.71. The first kappa shape index (κ1) is 37.5. The maximum absolute atomic E-state index is 14.3. The van der Waals surface area contributed by atoms with E-state index in [-0.39, 0.29) is 43.4 Å². The van der Waals surface area contributed by atoms with Gasteiger partial charge in [0.1, 0.15) is 17.3 Å². The summed E-state index contributed by atoms with van der Waals surface area (Å²) in [6, 6.07) is -2.67. The first-order valence-corrected chi connectivity index (χ1v) is 17.9. The van der Waals surface area contributed by atoms with Crippen molar-refractivity contribution in [2.24, 2.45) is 16.7 Å². The minimum absolute atomic E-state index is 0.000898. The molecule has 14 heteroatoms. The average molecular weight is 668 g/mol. The zero-order valence-electron chi connectivity index (χ0n) is 28.2. The second kappa shape index (κ2) is 14.8. The van der Waals surface area contributed by atoms with Gasteiger partial charge in [-0.15, -0.1) is 6.58 Å². The predicted octanol–water partition coefficient (Wildman–Crippen LogP) is 1.47. The molecule has 0 bridgehead atoms. The normalized spacial score (nSPS) is 26.1. The van der Waals surface area contributed by atoms with E-state index >= 15 is 0 Å². The number of carbonyl (C=O) groups excluding carboxylic acids is 5. The van der Waals surface area contributed by atoms with E-state index in [2.05, 4.69) is 27.8 Å². The molecule has 2 heterocycles. The molecule has 0 aromatic rings. The van der Waals surface area contributed by atoms with E-state index in [0.29, 0.717) is 19.3 Å². The Bertz CT molecular complexity index is 1290. The van der Waals surface area contributed by atoms with Crippen LogP contribution in [0.4, 0.5) is 4.79 Å². The second-order valence-electron chi connectivity index (χ2n) is 14.8. The summed E-state index contributed by atoms with van der Waals surface area (Å²) in [7, 11) is -3.51. The van der Waals surface area contributed by atoms with Crippen molar-refractivity contribution < 1.29 is 37.1 Å². The predicted molar refractivity (Wildman–Crippen MR) is 173 cm³/mol. The fraction of sp³-hybridized carbons (Fsp3) is 0.781. The number of ether oxygens (including phenoxy) is 1. The molecule has 0 radical (unpaired) electrons. The molecule has 2 unspecified atom stereocenters. The summed E-state index contributed by atoms with van der Waals surface area (Å²) in [6.45, 7) is 14.8. The van der Waals surface area contributed by atoms with Crippen LogP contribution in [0, 0.1) is 16.7 Å². The summed E-state index contributed by atoms with van der Waals surface area (Å²) in [5.74, 6) is -2.82. The van der Waals surface area contributed by atoms with Gasteiger partial charge in [0.15, 0.2) is 9.84 Å². The number of hydrogen-bond donors (Lipinski definition) is 4. The molecular formula is C32H53N5O8S. The lowest BCUT2D eigenvalue weighted by Crippen LogP contribution is -2.68. The Hall–Kier alpha value is -3.00. The quantitative estimate of drug-likeness (QED) is 0.200. The van der Waals surface area contributed by atoms with Crippen molar-refractivity contribution in [2.45, 2.75) is 103 Å². The third-order valence-corrected chi connectivity index (χ3v) is 12.1. The van der Waals surface area contributed by atoms with Crippen molar-refractivity contribution in [3.63, 3.8) is 0 Å². The Morgan fingerprint density at radius 2 is 1.72 bits per heavy atom. The number of carbonyl (C=O) groups is 5. The Balaban J connectivity index is 1.84. The first-order chi connectivity index (χ1) is 21.3. The number of hydrogen-bond acceptors (Lipinski definition) is 8. The van der Waals surface area contributed by atoms with E-state index in [1.54, 1.807) is 20.8 Å². The molecule has 5 amide bonds. The van der Waals surface area contributed by atoms with E-state index in [1.165, 1.54) is 11.0 Å². The van der Waals surface area contributed by atoms with Gasteiger partial charge in [-0.3, -0.25) is 19.2 Å². The third-order valence-electron chi connectivity index (χ3n) is 9.90. The van der Waals surface area contributed by atoms with Crippen LogP contribution in [0.3, 0.4) is 0 Å². The smallest absolute Gasteiger partial charge is 0.315 e. The first-order valence-electron chi connectivity index (χ1n) is 16.2. The summed E-state index contributed by atoms with van der Waals surface area (Å²) in [5, 5.41) is 9.86. The highest BCUT2D eigenvalue weighted by Crippen LogP contribution is 2.40. The molecule has 46 heavy (non-hydrogen) atoms. The lowest BCUT2D eigenvalue weighted by Gasteiger charge is -2.49. The van der Waals surface area contributed by atoms with Crippen molar-refractivity contribution in [3.8, 4) is 0 Å². The molecule has 3 aliphatic rings. The molecule has 0 spiro atoms. The van der Waals surface area contributed by atoms with Crippen LogP contribution in [0.1, 0.15) is 80.1 Å². The van der Waals surface area contributed by atoms with Crippen molar-refractivity contribution in [1.29, 1.82) is 0 Å². The summed E-state index contributed by atoms with van der Waals surface area (Å²) < 4.78 is 31.8. The van der Waals surface area contributed by atoms with Gasteiger partial charge in [-0.2, -0.15) is 0 Å². The van der Waals surface area contributed by atoms with E-state index in [1.807, 2.05) is 20.8 Å². The largest absolute Gasteiger partial charge is 0.379 e. The van der Waals surface area contributed by atoms with Crippen LogP contribution in [0.25, 0.3) is 0 Å². The van der Waals surface area contributed by atoms with Gasteiger partial charge in [0.2, 0.25) is 17.6 Å². The molecule has 1 saturated carbocycles. The number of piperidine rings is 1. The minimum atomic E-state index is -3.51. The van der Waals surface area contributed by atoms with Crippen molar-refractivity contribution in [3.05, 3.63) is 12.7 Å². The molecule has 4 atom stereocenters. The number of Topliss-reactive ketones (excluding diaryl/α,β-unsaturated/α-hetero) is 1. The van der Waals surface area contributed by atoms with E-state index in [9.17, 15) is 32.4 Å². The fourth-order valence-corrected chi connectivity index (χ4v) is 8.54. The molecule has 2 saturated heterocycles. The number of rotatable bonds is 10. The Kier molecular flexibility index (Phi) is 12.1. The van der Waals surface area contributed by atoms with Crippen molar-refractivity contribution >= 4 is 39.4 Å². The van der Waals surface area contributed by atoms with Crippen LogP contribution in [0.5, 0.6) is 0 Å². The van der Waals surface area contributed by atoms with Gasteiger partial charge in [0, 0.05) is 13.1 Å². The Morgan fingerprint density at radius 1 is 1.07 bits per heavy atom. The second-order valence-corrected chi connectivity index (χ2v) is 17.1. The van der Waals surface area contributed by atoms with Crippen molar-refractivity contribution in [1.82, 2.24) is 26.2 Å². The number of nitrogens with zero attached hydrogens (tertiary/aromatic N) is 1. The van der Waals surface area contributed by atoms with Crippen molar-refractivity contribution in [2.75, 3.05) is 38.6 Å². The molecule has 3 fully saturated rings. The topological polar surface area (TPSA) is 180 Å². The number of sulfone groups is 1. The van der Waals surface area contributed by atoms with Gasteiger partial charge in [-0.25, -0.2) is 13.2 Å². The molecule has 260 valence electrons. The maximum atomic E-state index is 14.3. The number of likely N-dealkylation sites (tertiary alicyclic amines) is 1. The van der Waals surface area contributed by atoms with Crippen LogP contribution in [0.15, 0.2) is 12.7 Å². The highest BCUT2D eigenvalue weighted by Gasteiger charge is 2.51. The standard InChI is InChI=1S/C32H53N5O8S/c1-8-14-33-27(40)23(38)18-34-26(39)22-17-31(6,7)21(2)19-37(22)28(41)25(30(3,4)5)35-29(42)36-32(12-10-9-11-13-32)24-20-45-15-16-46(24,43)44/h8,21-22,24-25H,1,9-20H2,2-7H3,(H,33,40)(H,34,39)(H2,35,36,42)/t21?,22-,24?,25+/m0/s1. The van der Waals surface area contributed by atoms with Gasteiger partial charge in [0.05, 0.1) is 31.1 Å². The van der Waals surface area contributed by atoms with Crippen LogP contribution >= 0.6 is 0 Å². The number of amides is 5. The number of ketones is 1. The van der Waals surface area contributed by atoms with Gasteiger partial charge in [-0.05, 0) is 36.0 Å². The molecule has 2 aliphatic heterocycles. The van der Waals surface area contributed by atoms with Gasteiger partial charge >= 0.3 is 6.03 Å². The van der Waals surface area contributed by atoms with Gasteiger partial charge in [-0.1, -0.05) is 66.9 Å². The summed E-state index contributed by atoms with van der Waals surface area (Å²) >= 11 is 0. The highest BCUT2D eigenvalue weighted by atomic mass is 32.2. The monoisotopic (exact) mass is 667 g/mol. The van der Waals surface area contributed by atoms with Crippen LogP contribution < -0.4 is 21.3 Å². The van der Waals surface area contributed by atoms with Crippen LogP contribution in [-0.2, 0) is 33.8 Å². The Labute approximate surface area is 273 Å². The summed E-state index contributed by atoms with van der Waals surface area (Å²) in [5.41, 5.74) is -2.14.